The van der Waals surface area contributed by atoms with Crippen molar-refractivity contribution in [2.24, 2.45) is 0 Å². The van der Waals surface area contributed by atoms with Gasteiger partial charge in [0.25, 0.3) is 11.6 Å². The number of rotatable bonds is 3. The van der Waals surface area contributed by atoms with Gasteiger partial charge in [0.1, 0.15) is 17.9 Å². The van der Waals surface area contributed by atoms with E-state index in [4.69, 9.17) is 0 Å². The molecule has 4 rings (SSSR count). The van der Waals surface area contributed by atoms with Crippen LogP contribution in [0, 0.1) is 22.9 Å². The molecule has 0 aromatic heterocycles. The number of hydrogen-bond acceptors (Lipinski definition) is 4. The van der Waals surface area contributed by atoms with Crippen LogP contribution in [0.3, 0.4) is 0 Å². The highest BCUT2D eigenvalue weighted by Gasteiger charge is 2.36. The summed E-state index contributed by atoms with van der Waals surface area (Å²) in [7, 11) is 0. The molecule has 31 heavy (non-hydrogen) atoms. The van der Waals surface area contributed by atoms with Crippen LogP contribution in [0.25, 0.3) is 0 Å². The third-order valence-electron chi connectivity index (χ3n) is 5.18. The second kappa shape index (κ2) is 7.98. The average Bonchev–Trinajstić information content (AvgIpc) is 2.89. The van der Waals surface area contributed by atoms with Crippen molar-refractivity contribution in [3.8, 4) is 0 Å². The third-order valence-corrected chi connectivity index (χ3v) is 5.18. The minimum atomic E-state index is -0.748. The lowest BCUT2D eigenvalue weighted by Crippen LogP contribution is -2.39. The van der Waals surface area contributed by atoms with Crippen molar-refractivity contribution in [2.45, 2.75) is 13.0 Å². The Kier molecular flexibility index (Phi) is 5.21. The fourth-order valence-electron chi connectivity index (χ4n) is 3.79. The van der Waals surface area contributed by atoms with Crippen LogP contribution in [-0.2, 0) is 4.79 Å². The van der Waals surface area contributed by atoms with Gasteiger partial charge in [-0.2, -0.15) is 0 Å². The van der Waals surface area contributed by atoms with Gasteiger partial charge >= 0.3 is 0 Å². The molecule has 0 spiro atoms. The van der Waals surface area contributed by atoms with Crippen LogP contribution < -0.4 is 5.32 Å². The fraction of sp³-hybridized carbons (Fsp3) is 0.130. The van der Waals surface area contributed by atoms with Gasteiger partial charge in [-0.05, 0) is 36.8 Å². The smallest absolute Gasteiger partial charge is 0.282 e. The second-order valence-electron chi connectivity index (χ2n) is 7.30. The number of carbonyl (C=O) groups is 2. The van der Waals surface area contributed by atoms with Crippen LogP contribution in [0.5, 0.6) is 0 Å². The van der Waals surface area contributed by atoms with E-state index in [1.165, 1.54) is 41.3 Å². The van der Waals surface area contributed by atoms with Crippen molar-refractivity contribution in [3.05, 3.63) is 105 Å². The molecule has 0 aliphatic carbocycles. The summed E-state index contributed by atoms with van der Waals surface area (Å²) in [6, 6.07) is 15.9. The Morgan fingerprint density at radius 2 is 1.84 bits per heavy atom. The maximum absolute atomic E-state index is 13.6. The first kappa shape index (κ1) is 20.2. The first-order valence-corrected chi connectivity index (χ1v) is 9.55. The van der Waals surface area contributed by atoms with Crippen molar-refractivity contribution in [1.29, 1.82) is 0 Å². The quantitative estimate of drug-likeness (QED) is 0.508. The van der Waals surface area contributed by atoms with Gasteiger partial charge in [-0.3, -0.25) is 19.7 Å². The third kappa shape index (κ3) is 3.87. The van der Waals surface area contributed by atoms with Crippen LogP contribution in [0.1, 0.15) is 33.1 Å². The summed E-state index contributed by atoms with van der Waals surface area (Å²) in [5, 5.41) is 14.3. The molecule has 0 saturated carbocycles. The van der Waals surface area contributed by atoms with Crippen LogP contribution in [0.15, 0.2) is 66.7 Å². The molecule has 0 radical (unpaired) electrons. The molecule has 156 valence electrons. The molecule has 1 aliphatic rings. The van der Waals surface area contributed by atoms with Crippen molar-refractivity contribution >= 4 is 23.2 Å². The SMILES string of the molecule is Cc1ccc2c(c1)C(c1ccc(F)cc1)N(C(=O)c1ccccc1[N+](=O)[O-])CC(=O)N2. The predicted molar refractivity (Wildman–Crippen MR) is 112 cm³/mol. The largest absolute Gasteiger partial charge is 0.324 e. The Morgan fingerprint density at radius 3 is 2.55 bits per heavy atom. The van der Waals surface area contributed by atoms with Crippen LogP contribution in [0.2, 0.25) is 0 Å². The maximum Gasteiger partial charge on any atom is 0.282 e. The number of halogens is 1. The number of fused-ring (bicyclic) bond motifs is 1. The Bertz CT molecular complexity index is 1190. The molecule has 1 aliphatic heterocycles. The van der Waals surface area contributed by atoms with Gasteiger partial charge in [-0.15, -0.1) is 0 Å². The first-order valence-electron chi connectivity index (χ1n) is 9.55. The Hall–Kier alpha value is -4.07. The lowest BCUT2D eigenvalue weighted by Gasteiger charge is -2.30. The zero-order valence-electron chi connectivity index (χ0n) is 16.5. The van der Waals surface area contributed by atoms with E-state index in [1.807, 2.05) is 19.1 Å². The molecule has 1 unspecified atom stereocenters. The van der Waals surface area contributed by atoms with Gasteiger partial charge in [0.2, 0.25) is 5.91 Å². The van der Waals surface area contributed by atoms with Gasteiger partial charge in [-0.1, -0.05) is 42.0 Å². The summed E-state index contributed by atoms with van der Waals surface area (Å²) >= 11 is 0. The Labute approximate surface area is 177 Å². The average molecular weight is 419 g/mol. The molecule has 3 aromatic carbocycles. The molecule has 1 N–H and O–H groups in total. The molecular formula is C23H18FN3O4. The van der Waals surface area contributed by atoms with E-state index in [0.717, 1.165) is 5.56 Å². The number of para-hydroxylation sites is 1. The van der Waals surface area contributed by atoms with Gasteiger partial charge in [-0.25, -0.2) is 4.39 Å². The summed E-state index contributed by atoms with van der Waals surface area (Å²) in [5.74, 6) is -1.53. The minimum absolute atomic E-state index is 0.122. The number of benzene rings is 3. The zero-order valence-corrected chi connectivity index (χ0v) is 16.5. The molecule has 0 bridgehead atoms. The molecular weight excluding hydrogens is 401 g/mol. The number of nitrogens with one attached hydrogen (secondary N) is 1. The monoisotopic (exact) mass is 419 g/mol. The predicted octanol–water partition coefficient (Wildman–Crippen LogP) is 4.23. The zero-order chi connectivity index (χ0) is 22.1. The number of nitro benzene ring substituents is 1. The van der Waals surface area contributed by atoms with E-state index in [0.29, 0.717) is 16.8 Å². The van der Waals surface area contributed by atoms with Gasteiger partial charge in [0.15, 0.2) is 0 Å². The lowest BCUT2D eigenvalue weighted by atomic mass is 9.94. The molecule has 8 heteroatoms. The summed E-state index contributed by atoms with van der Waals surface area (Å²) in [4.78, 5) is 38.3. The van der Waals surface area contributed by atoms with Crippen LogP contribution >= 0.6 is 0 Å². The normalized spacial score (nSPS) is 15.6. The molecule has 0 fully saturated rings. The van der Waals surface area contributed by atoms with Gasteiger partial charge < -0.3 is 10.2 Å². The molecule has 3 aromatic rings. The molecule has 1 atom stereocenters. The number of aryl methyl sites for hydroxylation is 1. The van der Waals surface area contributed by atoms with E-state index in [9.17, 15) is 24.1 Å². The molecule has 2 amide bonds. The number of hydrogen-bond donors (Lipinski definition) is 1. The fourth-order valence-corrected chi connectivity index (χ4v) is 3.79. The summed E-state index contributed by atoms with van der Waals surface area (Å²) < 4.78 is 13.6. The number of nitrogens with zero attached hydrogens (tertiary/aromatic N) is 2. The highest BCUT2D eigenvalue weighted by Crippen LogP contribution is 2.38. The van der Waals surface area contributed by atoms with Crippen molar-refractivity contribution in [3.63, 3.8) is 0 Å². The molecule has 7 nitrogen and oxygen atoms in total. The summed E-state index contributed by atoms with van der Waals surface area (Å²) in [6.07, 6.45) is 0. The number of carbonyl (C=O) groups excluding carboxylic acids is 2. The van der Waals surface area contributed by atoms with Gasteiger partial charge in [0.05, 0.1) is 11.0 Å². The van der Waals surface area contributed by atoms with E-state index in [1.54, 1.807) is 18.2 Å². The Balaban J connectivity index is 1.92. The summed E-state index contributed by atoms with van der Waals surface area (Å²) in [5.41, 5.74) is 2.19. The van der Waals surface area contributed by atoms with E-state index < -0.39 is 28.6 Å². The summed E-state index contributed by atoms with van der Waals surface area (Å²) in [6.45, 7) is 1.56. The second-order valence-corrected chi connectivity index (χ2v) is 7.30. The number of anilines is 1. The highest BCUT2D eigenvalue weighted by atomic mass is 19.1. The number of nitro groups is 1. The number of amides is 2. The minimum Gasteiger partial charge on any atom is -0.324 e. The van der Waals surface area contributed by atoms with E-state index in [2.05, 4.69) is 5.32 Å². The standard InChI is InChI=1S/C23H18FN3O4/c1-14-6-11-19-18(12-14)22(15-7-9-16(24)10-8-15)26(13-21(28)25-19)23(29)17-4-2-3-5-20(17)27(30)31/h2-12,22H,13H2,1H3,(H,25,28). The lowest BCUT2D eigenvalue weighted by molar-refractivity contribution is -0.385. The van der Waals surface area contributed by atoms with Crippen molar-refractivity contribution in [2.75, 3.05) is 11.9 Å². The molecule has 1 heterocycles. The van der Waals surface area contributed by atoms with Crippen molar-refractivity contribution in [1.82, 2.24) is 4.90 Å². The Morgan fingerprint density at radius 1 is 1.13 bits per heavy atom. The van der Waals surface area contributed by atoms with Crippen LogP contribution in [0.4, 0.5) is 15.8 Å². The van der Waals surface area contributed by atoms with E-state index >= 15 is 0 Å². The molecule has 0 saturated heterocycles. The maximum atomic E-state index is 13.6. The van der Waals surface area contributed by atoms with Crippen LogP contribution in [-0.4, -0.2) is 28.2 Å². The highest BCUT2D eigenvalue weighted by molar-refractivity contribution is 6.03. The topological polar surface area (TPSA) is 92.6 Å². The van der Waals surface area contributed by atoms with Gasteiger partial charge in [0, 0.05) is 17.3 Å². The van der Waals surface area contributed by atoms with E-state index in [-0.39, 0.29) is 17.8 Å². The van der Waals surface area contributed by atoms with Crippen molar-refractivity contribution < 1.29 is 18.9 Å². The first-order chi connectivity index (χ1) is 14.8.